The average molecular weight is 404 g/mol. The van der Waals surface area contributed by atoms with Crippen molar-refractivity contribution in [2.45, 2.75) is 34.1 Å². The maximum atomic E-state index is 13.0. The maximum absolute atomic E-state index is 13.0. The number of ether oxygens (including phenoxy) is 3. The van der Waals surface area contributed by atoms with Crippen LogP contribution in [0.5, 0.6) is 0 Å². The Labute approximate surface area is 170 Å². The zero-order valence-electron chi connectivity index (χ0n) is 17.7. The molecule has 1 N–H and O–H groups in total. The second-order valence-electron chi connectivity index (χ2n) is 7.29. The van der Waals surface area contributed by atoms with Gasteiger partial charge in [0.25, 0.3) is 0 Å². The van der Waals surface area contributed by atoms with Crippen molar-refractivity contribution >= 4 is 18.0 Å². The van der Waals surface area contributed by atoms with Gasteiger partial charge in [0, 0.05) is 29.7 Å². The number of hydrogen-bond acceptors (Lipinski definition) is 7. The number of dihydropyridines is 1. The molecule has 0 bridgehead atoms. The summed E-state index contributed by atoms with van der Waals surface area (Å²) in [6.07, 6.45) is 4.81. The predicted octanol–water partition coefficient (Wildman–Crippen LogP) is 3.00. The molecule has 0 radical (unpaired) electrons. The van der Waals surface area contributed by atoms with Crippen LogP contribution in [0.2, 0.25) is 0 Å². The van der Waals surface area contributed by atoms with E-state index >= 15 is 0 Å². The van der Waals surface area contributed by atoms with Gasteiger partial charge < -0.3 is 19.5 Å². The molecule has 0 aromatic rings. The molecule has 2 heterocycles. The van der Waals surface area contributed by atoms with Gasteiger partial charge in [-0.05, 0) is 31.8 Å². The highest BCUT2D eigenvalue weighted by Crippen LogP contribution is 2.39. The van der Waals surface area contributed by atoms with E-state index in [0.29, 0.717) is 34.5 Å². The number of nitrogens with zero attached hydrogens (tertiary/aromatic N) is 1. The number of methoxy groups -OCH3 is 2. The molecule has 29 heavy (non-hydrogen) atoms. The van der Waals surface area contributed by atoms with Gasteiger partial charge in [-0.25, -0.2) is 14.4 Å². The molecule has 2 rings (SSSR count). The Balaban J connectivity index is 2.55. The molecule has 0 aromatic heterocycles. The van der Waals surface area contributed by atoms with E-state index in [1.54, 1.807) is 32.3 Å². The highest BCUT2D eigenvalue weighted by Gasteiger charge is 2.39. The fourth-order valence-electron chi connectivity index (χ4n) is 3.32. The van der Waals surface area contributed by atoms with E-state index in [4.69, 9.17) is 14.2 Å². The third-order valence-corrected chi connectivity index (χ3v) is 4.61. The van der Waals surface area contributed by atoms with Crippen LogP contribution in [0.3, 0.4) is 0 Å². The Morgan fingerprint density at radius 2 is 1.72 bits per heavy atom. The van der Waals surface area contributed by atoms with E-state index in [1.165, 1.54) is 19.1 Å². The van der Waals surface area contributed by atoms with E-state index in [2.05, 4.69) is 5.32 Å². The molecule has 0 fully saturated rings. The van der Waals surface area contributed by atoms with Crippen molar-refractivity contribution < 1.29 is 28.6 Å². The van der Waals surface area contributed by atoms with Crippen LogP contribution in [-0.2, 0) is 23.8 Å². The summed E-state index contributed by atoms with van der Waals surface area (Å²) in [5.74, 6) is -1.61. The van der Waals surface area contributed by atoms with Crippen LogP contribution in [0, 0.1) is 11.8 Å². The minimum Gasteiger partial charge on any atom is -0.466 e. The fraction of sp³-hybridized carbons (Fsp3) is 0.476. The Hall–Kier alpha value is -3.03. The summed E-state index contributed by atoms with van der Waals surface area (Å²) >= 11 is 0. The lowest BCUT2D eigenvalue weighted by Crippen LogP contribution is -2.35. The van der Waals surface area contributed by atoms with Crippen LogP contribution < -0.4 is 5.32 Å². The molecule has 0 aliphatic carbocycles. The second-order valence-corrected chi connectivity index (χ2v) is 7.29. The van der Waals surface area contributed by atoms with Gasteiger partial charge in [-0.2, -0.15) is 0 Å². The van der Waals surface area contributed by atoms with Crippen LogP contribution >= 0.6 is 0 Å². The molecule has 8 nitrogen and oxygen atoms in total. The number of amides is 1. The molecule has 2 aliphatic heterocycles. The normalized spacial score (nSPS) is 19.1. The van der Waals surface area contributed by atoms with Gasteiger partial charge in [0.15, 0.2) is 0 Å². The molecule has 1 unspecified atom stereocenters. The zero-order valence-corrected chi connectivity index (χ0v) is 17.7. The lowest BCUT2D eigenvalue weighted by atomic mass is 9.78. The molecule has 0 saturated carbocycles. The summed E-state index contributed by atoms with van der Waals surface area (Å²) in [4.78, 5) is 38.8. The molecule has 8 heteroatoms. The summed E-state index contributed by atoms with van der Waals surface area (Å²) in [5.41, 5.74) is 2.48. The monoisotopic (exact) mass is 404 g/mol. The van der Waals surface area contributed by atoms with Gasteiger partial charge in [0.2, 0.25) is 0 Å². The number of esters is 2. The lowest BCUT2D eigenvalue weighted by Gasteiger charge is -2.33. The van der Waals surface area contributed by atoms with E-state index in [0.717, 1.165) is 0 Å². The number of carbonyl (C=O) groups is 3. The molecule has 158 valence electrons. The summed E-state index contributed by atoms with van der Waals surface area (Å²) in [6.45, 7) is 7.64. The highest BCUT2D eigenvalue weighted by atomic mass is 16.5. The second kappa shape index (κ2) is 9.45. The zero-order chi connectivity index (χ0) is 21.7. The van der Waals surface area contributed by atoms with Crippen molar-refractivity contribution in [2.24, 2.45) is 11.8 Å². The molecule has 2 aliphatic rings. The minimum absolute atomic E-state index is 0.166. The summed E-state index contributed by atoms with van der Waals surface area (Å²) in [7, 11) is 2.57. The van der Waals surface area contributed by atoms with Crippen LogP contribution in [0.25, 0.3) is 0 Å². The number of nitrogens with one attached hydrogen (secondary N) is 1. The van der Waals surface area contributed by atoms with Crippen LogP contribution in [0.15, 0.2) is 46.6 Å². The average Bonchev–Trinajstić information content (AvgIpc) is 2.70. The predicted molar refractivity (Wildman–Crippen MR) is 106 cm³/mol. The summed E-state index contributed by atoms with van der Waals surface area (Å²) in [6, 6.07) is 0. The molecule has 1 amide bonds. The quantitative estimate of drug-likeness (QED) is 0.556. The maximum Gasteiger partial charge on any atom is 0.417 e. The number of allylic oxidation sites excluding steroid dienone is 4. The molecule has 0 saturated heterocycles. The Morgan fingerprint density at radius 1 is 1.10 bits per heavy atom. The largest absolute Gasteiger partial charge is 0.466 e. The lowest BCUT2D eigenvalue weighted by molar-refractivity contribution is -0.140. The van der Waals surface area contributed by atoms with Gasteiger partial charge in [-0.3, -0.25) is 4.90 Å². The molecule has 0 aromatic carbocycles. The standard InChI is InChI=1S/C21H28N2O6/c1-12(2)11-29-20(25)17-14(4)22-13(3)16(19(24)27-5)18(17)15-8-7-9-23(10-15)21(26)28-6/h7,9-10,12,18,22H,8,11H2,1-6H3. The van der Waals surface area contributed by atoms with Crippen molar-refractivity contribution in [1.29, 1.82) is 0 Å². The van der Waals surface area contributed by atoms with Crippen LogP contribution in [0.1, 0.15) is 34.1 Å². The Kier molecular flexibility index (Phi) is 7.25. The molecule has 1 atom stereocenters. The first-order chi connectivity index (χ1) is 13.7. The fourth-order valence-corrected chi connectivity index (χ4v) is 3.32. The first-order valence-electron chi connectivity index (χ1n) is 9.38. The van der Waals surface area contributed by atoms with Crippen LogP contribution in [-0.4, -0.2) is 43.8 Å². The van der Waals surface area contributed by atoms with Crippen molar-refractivity contribution in [3.63, 3.8) is 0 Å². The number of carbonyl (C=O) groups excluding carboxylic acids is 3. The van der Waals surface area contributed by atoms with Gasteiger partial charge in [-0.15, -0.1) is 0 Å². The minimum atomic E-state index is -0.708. The third kappa shape index (κ3) is 4.88. The topological polar surface area (TPSA) is 94.2 Å². The smallest absolute Gasteiger partial charge is 0.417 e. The first-order valence-corrected chi connectivity index (χ1v) is 9.38. The highest BCUT2D eigenvalue weighted by molar-refractivity contribution is 5.99. The van der Waals surface area contributed by atoms with E-state index in [1.807, 2.05) is 13.8 Å². The third-order valence-electron chi connectivity index (χ3n) is 4.61. The number of rotatable bonds is 5. The Morgan fingerprint density at radius 3 is 2.28 bits per heavy atom. The van der Waals surface area contributed by atoms with Crippen molar-refractivity contribution in [3.8, 4) is 0 Å². The van der Waals surface area contributed by atoms with E-state index < -0.39 is 23.9 Å². The SMILES string of the molecule is COC(=O)C1=C(C)NC(C)=C(C(=O)OCC(C)C)C1C1=CN(C(=O)OC)C=CC1. The molecular weight excluding hydrogens is 376 g/mol. The van der Waals surface area contributed by atoms with Gasteiger partial charge in [0.05, 0.1) is 32.0 Å². The van der Waals surface area contributed by atoms with Crippen molar-refractivity contribution in [2.75, 3.05) is 20.8 Å². The van der Waals surface area contributed by atoms with Gasteiger partial charge >= 0.3 is 18.0 Å². The first kappa shape index (κ1) is 22.3. The number of hydrogen-bond donors (Lipinski definition) is 1. The molecule has 0 spiro atoms. The molecular formula is C21H28N2O6. The van der Waals surface area contributed by atoms with Gasteiger partial charge in [0.1, 0.15) is 0 Å². The van der Waals surface area contributed by atoms with E-state index in [9.17, 15) is 14.4 Å². The van der Waals surface area contributed by atoms with E-state index in [-0.39, 0.29) is 12.5 Å². The van der Waals surface area contributed by atoms with Gasteiger partial charge in [-0.1, -0.05) is 19.9 Å². The summed E-state index contributed by atoms with van der Waals surface area (Å²) in [5, 5.41) is 3.08. The Bertz CT molecular complexity index is 819. The van der Waals surface area contributed by atoms with Crippen LogP contribution in [0.4, 0.5) is 4.79 Å². The summed E-state index contributed by atoms with van der Waals surface area (Å²) < 4.78 is 15.2. The van der Waals surface area contributed by atoms with Crippen molar-refractivity contribution in [1.82, 2.24) is 10.2 Å². The van der Waals surface area contributed by atoms with Crippen molar-refractivity contribution in [3.05, 3.63) is 46.6 Å².